The summed E-state index contributed by atoms with van der Waals surface area (Å²) in [4.78, 5) is 0. The van der Waals surface area contributed by atoms with Crippen LogP contribution in [0, 0.1) is 0 Å². The number of hydrogen-bond acceptors (Lipinski definition) is 0. The van der Waals surface area contributed by atoms with Gasteiger partial charge in [-0.05, 0) is 0 Å². The lowest BCUT2D eigenvalue weighted by molar-refractivity contribution is 0.572. The Balaban J connectivity index is 2.90. The van der Waals surface area contributed by atoms with Crippen LogP contribution in [0.5, 0.6) is 0 Å². The number of unbranched alkanes of at least 4 members (excludes halogenated alkanes) is 5. The zero-order valence-electron chi connectivity index (χ0n) is 8.81. The third-order valence-corrected chi connectivity index (χ3v) is 2.45. The first-order chi connectivity index (χ1) is 5.81. The molecule has 0 heterocycles. The van der Waals surface area contributed by atoms with E-state index in [-0.39, 0.29) is 0 Å². The van der Waals surface area contributed by atoms with E-state index in [2.05, 4.69) is 13.8 Å². The molecule has 0 fully saturated rings. The first kappa shape index (κ1) is 12.1. The van der Waals surface area contributed by atoms with Gasteiger partial charge in [-0.1, -0.05) is 71.0 Å². The standard InChI is InChI=1S/C11H23B/c1-3-5-6-7-8-9-10-11(12)4-2/h11H,3-10H2,1-2H3/t11-/m1/s1. The summed E-state index contributed by atoms with van der Waals surface area (Å²) < 4.78 is 0. The molecule has 0 aliphatic rings. The summed E-state index contributed by atoms with van der Waals surface area (Å²) in [7, 11) is 5.81. The quantitative estimate of drug-likeness (QED) is 0.376. The molecule has 1 atom stereocenters. The van der Waals surface area contributed by atoms with E-state index in [0.29, 0.717) is 5.82 Å². The van der Waals surface area contributed by atoms with Crippen molar-refractivity contribution in [3.8, 4) is 0 Å². The molecule has 0 N–H and O–H groups in total. The summed E-state index contributed by atoms with van der Waals surface area (Å²) in [5.41, 5.74) is 0. The van der Waals surface area contributed by atoms with Gasteiger partial charge in [0.25, 0.3) is 0 Å². The molecule has 0 aliphatic heterocycles. The topological polar surface area (TPSA) is 0 Å². The maximum absolute atomic E-state index is 5.81. The van der Waals surface area contributed by atoms with Crippen molar-refractivity contribution in [2.24, 2.45) is 0 Å². The molecule has 0 amide bonds. The second-order valence-electron chi connectivity index (χ2n) is 3.72. The molecular formula is C11H23B. The first-order valence-corrected chi connectivity index (χ1v) is 5.56. The van der Waals surface area contributed by atoms with Crippen molar-refractivity contribution in [3.63, 3.8) is 0 Å². The average Bonchev–Trinajstić information content (AvgIpc) is 2.10. The maximum Gasteiger partial charge on any atom is 0.0699 e. The van der Waals surface area contributed by atoms with Crippen molar-refractivity contribution in [1.29, 1.82) is 0 Å². The third-order valence-electron chi connectivity index (χ3n) is 2.45. The van der Waals surface area contributed by atoms with Crippen molar-refractivity contribution in [2.45, 2.75) is 71.0 Å². The predicted molar refractivity (Wildman–Crippen MR) is 57.8 cm³/mol. The predicted octanol–water partition coefficient (Wildman–Crippen LogP) is 4.10. The highest BCUT2D eigenvalue weighted by Gasteiger charge is 1.97. The zero-order valence-corrected chi connectivity index (χ0v) is 8.81. The molecule has 70 valence electrons. The molecule has 0 aromatic carbocycles. The summed E-state index contributed by atoms with van der Waals surface area (Å²) in [5.74, 6) is 0.455. The summed E-state index contributed by atoms with van der Waals surface area (Å²) in [6.45, 7) is 4.43. The molecule has 0 saturated carbocycles. The Morgan fingerprint density at radius 2 is 1.50 bits per heavy atom. The van der Waals surface area contributed by atoms with Crippen LogP contribution in [-0.2, 0) is 0 Å². The van der Waals surface area contributed by atoms with Gasteiger partial charge in [-0.2, -0.15) is 0 Å². The second kappa shape index (κ2) is 9.16. The van der Waals surface area contributed by atoms with Gasteiger partial charge in [0.05, 0.1) is 7.85 Å². The van der Waals surface area contributed by atoms with E-state index < -0.39 is 0 Å². The Morgan fingerprint density at radius 1 is 0.917 bits per heavy atom. The Kier molecular flexibility index (Phi) is 9.20. The number of hydrogen-bond donors (Lipinski definition) is 0. The van der Waals surface area contributed by atoms with E-state index in [4.69, 9.17) is 7.85 Å². The molecule has 1 heteroatoms. The molecule has 0 unspecified atom stereocenters. The Labute approximate surface area is 79.5 Å². The van der Waals surface area contributed by atoms with Crippen LogP contribution in [0.2, 0.25) is 5.82 Å². The SMILES string of the molecule is [B][C@H](CC)CCCCCCCC. The summed E-state index contributed by atoms with van der Waals surface area (Å²) in [6, 6.07) is 0. The minimum atomic E-state index is 0.455. The normalized spacial score (nSPS) is 13.2. The summed E-state index contributed by atoms with van der Waals surface area (Å²) in [5, 5.41) is 0. The molecule has 0 bridgehead atoms. The molecule has 0 aromatic rings. The van der Waals surface area contributed by atoms with Crippen LogP contribution in [0.3, 0.4) is 0 Å². The fraction of sp³-hybridized carbons (Fsp3) is 1.00. The van der Waals surface area contributed by atoms with Gasteiger partial charge < -0.3 is 0 Å². The van der Waals surface area contributed by atoms with Crippen molar-refractivity contribution in [3.05, 3.63) is 0 Å². The molecule has 12 heavy (non-hydrogen) atoms. The van der Waals surface area contributed by atoms with Crippen LogP contribution in [0.25, 0.3) is 0 Å². The average molecular weight is 166 g/mol. The summed E-state index contributed by atoms with van der Waals surface area (Å²) in [6.07, 6.45) is 10.6. The van der Waals surface area contributed by atoms with Crippen molar-refractivity contribution >= 4 is 7.85 Å². The Bertz CT molecular complexity index is 81.1. The minimum Gasteiger partial charge on any atom is -0.0776 e. The highest BCUT2D eigenvalue weighted by atomic mass is 14.0. The van der Waals surface area contributed by atoms with Gasteiger partial charge in [0.15, 0.2) is 0 Å². The van der Waals surface area contributed by atoms with Gasteiger partial charge in [0.2, 0.25) is 0 Å². The van der Waals surface area contributed by atoms with Crippen LogP contribution in [-0.4, -0.2) is 7.85 Å². The monoisotopic (exact) mass is 166 g/mol. The van der Waals surface area contributed by atoms with Gasteiger partial charge >= 0.3 is 0 Å². The lowest BCUT2D eigenvalue weighted by Crippen LogP contribution is -1.90. The highest BCUT2D eigenvalue weighted by Crippen LogP contribution is 2.16. The highest BCUT2D eigenvalue weighted by molar-refractivity contribution is 6.11. The lowest BCUT2D eigenvalue weighted by atomic mass is 9.81. The molecule has 0 aliphatic carbocycles. The number of rotatable bonds is 8. The Morgan fingerprint density at radius 3 is 2.08 bits per heavy atom. The van der Waals surface area contributed by atoms with Crippen molar-refractivity contribution < 1.29 is 0 Å². The van der Waals surface area contributed by atoms with Gasteiger partial charge in [-0.3, -0.25) is 0 Å². The van der Waals surface area contributed by atoms with E-state index >= 15 is 0 Å². The fourth-order valence-corrected chi connectivity index (χ4v) is 1.39. The third kappa shape index (κ3) is 8.16. The maximum atomic E-state index is 5.81. The van der Waals surface area contributed by atoms with Crippen molar-refractivity contribution in [2.75, 3.05) is 0 Å². The van der Waals surface area contributed by atoms with Gasteiger partial charge in [0.1, 0.15) is 0 Å². The van der Waals surface area contributed by atoms with Crippen LogP contribution in [0.15, 0.2) is 0 Å². The van der Waals surface area contributed by atoms with Crippen LogP contribution >= 0.6 is 0 Å². The Hall–Kier alpha value is 0.0649. The van der Waals surface area contributed by atoms with Crippen LogP contribution < -0.4 is 0 Å². The molecular weight excluding hydrogens is 143 g/mol. The van der Waals surface area contributed by atoms with E-state index in [1.807, 2.05) is 0 Å². The van der Waals surface area contributed by atoms with E-state index in [9.17, 15) is 0 Å². The largest absolute Gasteiger partial charge is 0.0776 e. The second-order valence-corrected chi connectivity index (χ2v) is 3.72. The molecule has 0 nitrogen and oxygen atoms in total. The first-order valence-electron chi connectivity index (χ1n) is 5.56. The van der Waals surface area contributed by atoms with Crippen LogP contribution in [0.1, 0.15) is 65.2 Å². The molecule has 0 spiro atoms. The molecule has 2 radical (unpaired) electrons. The smallest absolute Gasteiger partial charge is 0.0699 e. The fourth-order valence-electron chi connectivity index (χ4n) is 1.39. The zero-order chi connectivity index (χ0) is 9.23. The molecule has 0 rings (SSSR count). The van der Waals surface area contributed by atoms with Gasteiger partial charge in [0, 0.05) is 0 Å². The van der Waals surface area contributed by atoms with Crippen molar-refractivity contribution in [1.82, 2.24) is 0 Å². The summed E-state index contributed by atoms with van der Waals surface area (Å²) >= 11 is 0. The minimum absolute atomic E-state index is 0.455. The van der Waals surface area contributed by atoms with E-state index in [1.54, 1.807) is 0 Å². The molecule has 0 saturated heterocycles. The van der Waals surface area contributed by atoms with Gasteiger partial charge in [-0.25, -0.2) is 0 Å². The van der Waals surface area contributed by atoms with E-state index in [0.717, 1.165) is 6.42 Å². The van der Waals surface area contributed by atoms with E-state index in [1.165, 1.54) is 44.9 Å². The van der Waals surface area contributed by atoms with Crippen LogP contribution in [0.4, 0.5) is 0 Å². The van der Waals surface area contributed by atoms with Gasteiger partial charge in [-0.15, -0.1) is 0 Å². The lowest BCUT2D eigenvalue weighted by Gasteiger charge is -2.07. The molecule has 0 aromatic heterocycles.